The van der Waals surface area contributed by atoms with Crippen molar-refractivity contribution >= 4 is 34.1 Å². The number of ether oxygens (including phenoxy) is 1. The van der Waals surface area contributed by atoms with Crippen LogP contribution in [0.1, 0.15) is 0 Å². The maximum Gasteiger partial charge on any atom is 0.182 e. The third-order valence-corrected chi connectivity index (χ3v) is 4.19. The zero-order chi connectivity index (χ0) is 13.1. The largest absolute Gasteiger partial charge is 0.487 e. The van der Waals surface area contributed by atoms with Gasteiger partial charge in [0.15, 0.2) is 18.9 Å². The molecule has 0 aliphatic rings. The Morgan fingerprint density at radius 3 is 2.79 bits per heavy atom. The highest BCUT2D eigenvalue weighted by Gasteiger charge is 2.03. The van der Waals surface area contributed by atoms with Crippen molar-refractivity contribution < 1.29 is 9.30 Å². The fraction of sp³-hybridized carbons (Fsp3) is 0.133. The highest BCUT2D eigenvalue weighted by Crippen LogP contribution is 2.30. The van der Waals surface area contributed by atoms with Crippen LogP contribution in [0, 0.1) is 0 Å². The Morgan fingerprint density at radius 2 is 1.95 bits per heavy atom. The lowest BCUT2D eigenvalue weighted by Gasteiger charge is -2.04. The zero-order valence-corrected chi connectivity index (χ0v) is 12.0. The van der Waals surface area contributed by atoms with Crippen molar-refractivity contribution in [2.45, 2.75) is 10.8 Å². The van der Waals surface area contributed by atoms with Gasteiger partial charge in [0.1, 0.15) is 12.4 Å². The molecule has 0 unspecified atom stereocenters. The van der Waals surface area contributed by atoms with Gasteiger partial charge < -0.3 is 4.74 Å². The van der Waals surface area contributed by atoms with Crippen LogP contribution in [-0.2, 0) is 6.54 Å². The number of hydrogen-bond donors (Lipinski definition) is 1. The lowest BCUT2D eigenvalue weighted by molar-refractivity contribution is -0.697. The molecular formula is C15H14NOS2+. The Kier molecular flexibility index (Phi) is 3.71. The van der Waals surface area contributed by atoms with Crippen LogP contribution in [-0.4, -0.2) is 6.61 Å². The Bertz CT molecular complexity index is 679. The summed E-state index contributed by atoms with van der Waals surface area (Å²) in [6, 6.07) is 14.3. The fourth-order valence-corrected chi connectivity index (χ4v) is 3.17. The summed E-state index contributed by atoms with van der Waals surface area (Å²) in [4.78, 5) is 0. The molecule has 2 heterocycles. The van der Waals surface area contributed by atoms with Gasteiger partial charge in [0.05, 0.1) is 4.21 Å². The lowest BCUT2D eigenvalue weighted by Crippen LogP contribution is -2.35. The normalized spacial score (nSPS) is 10.8. The minimum atomic E-state index is 0.665. The first-order chi connectivity index (χ1) is 9.31. The second-order valence-electron chi connectivity index (χ2n) is 4.25. The first-order valence-corrected chi connectivity index (χ1v) is 7.37. The van der Waals surface area contributed by atoms with Gasteiger partial charge in [-0.15, -0.1) is 24.0 Å². The van der Waals surface area contributed by atoms with E-state index in [0.717, 1.165) is 16.5 Å². The van der Waals surface area contributed by atoms with E-state index in [1.807, 2.05) is 36.7 Å². The smallest absolute Gasteiger partial charge is 0.182 e. The van der Waals surface area contributed by atoms with Crippen LogP contribution < -0.4 is 9.30 Å². The predicted octanol–water partition coefficient (Wildman–Crippen LogP) is 3.56. The van der Waals surface area contributed by atoms with Crippen molar-refractivity contribution in [3.63, 3.8) is 0 Å². The number of thiophene rings is 1. The van der Waals surface area contributed by atoms with Crippen LogP contribution in [0.3, 0.4) is 0 Å². The average Bonchev–Trinajstić information content (AvgIpc) is 2.79. The molecule has 3 aromatic rings. The molecular weight excluding hydrogens is 274 g/mol. The predicted molar refractivity (Wildman–Crippen MR) is 81.2 cm³/mol. The summed E-state index contributed by atoms with van der Waals surface area (Å²) in [7, 11) is 0. The standard InChI is InChI=1S/C15H13NOS2/c18-15-11-12-10-13(4-5-14(12)19-15)17-9-8-16-6-2-1-3-7-16/h1-7,10-11H,8-9H2/p+1. The quantitative estimate of drug-likeness (QED) is 0.572. The third-order valence-electron chi connectivity index (χ3n) is 2.87. The molecule has 3 rings (SSSR count). The summed E-state index contributed by atoms with van der Waals surface area (Å²) in [5.41, 5.74) is 0. The van der Waals surface area contributed by atoms with Gasteiger partial charge >= 0.3 is 0 Å². The second-order valence-corrected chi connectivity index (χ2v) is 6.11. The molecule has 0 amide bonds. The van der Waals surface area contributed by atoms with Gasteiger partial charge in [0.25, 0.3) is 0 Å². The third kappa shape index (κ3) is 3.08. The average molecular weight is 288 g/mol. The molecule has 4 heteroatoms. The van der Waals surface area contributed by atoms with Gasteiger partial charge in [-0.05, 0) is 29.7 Å². The molecule has 0 saturated carbocycles. The second kappa shape index (κ2) is 5.63. The molecule has 0 aliphatic heterocycles. The maximum atomic E-state index is 5.79. The number of pyridine rings is 1. The van der Waals surface area contributed by atoms with Crippen molar-refractivity contribution in [1.29, 1.82) is 0 Å². The van der Waals surface area contributed by atoms with Crippen molar-refractivity contribution in [3.8, 4) is 5.75 Å². The highest BCUT2D eigenvalue weighted by atomic mass is 32.2. The summed E-state index contributed by atoms with van der Waals surface area (Å²) >= 11 is 6.06. The van der Waals surface area contributed by atoms with Gasteiger partial charge in [0.2, 0.25) is 0 Å². The van der Waals surface area contributed by atoms with Crippen molar-refractivity contribution in [2.75, 3.05) is 6.61 Å². The van der Waals surface area contributed by atoms with Gasteiger partial charge in [-0.25, -0.2) is 4.57 Å². The highest BCUT2D eigenvalue weighted by molar-refractivity contribution is 7.83. The molecule has 0 bridgehead atoms. The number of benzene rings is 1. The van der Waals surface area contributed by atoms with Crippen LogP contribution in [0.5, 0.6) is 5.75 Å². The molecule has 1 aromatic carbocycles. The fourth-order valence-electron chi connectivity index (χ4n) is 1.95. The molecule has 2 nitrogen and oxygen atoms in total. The van der Waals surface area contributed by atoms with Gasteiger partial charge in [-0.3, -0.25) is 0 Å². The van der Waals surface area contributed by atoms with E-state index in [-0.39, 0.29) is 0 Å². The number of thiol groups is 1. The van der Waals surface area contributed by atoms with Crippen LogP contribution in [0.2, 0.25) is 0 Å². The Hall–Kier alpha value is -1.52. The molecule has 96 valence electrons. The first kappa shape index (κ1) is 12.5. The van der Waals surface area contributed by atoms with Crippen molar-refractivity contribution in [3.05, 3.63) is 54.9 Å². The van der Waals surface area contributed by atoms with Gasteiger partial charge in [-0.1, -0.05) is 6.07 Å². The van der Waals surface area contributed by atoms with E-state index >= 15 is 0 Å². The van der Waals surface area contributed by atoms with Gasteiger partial charge in [-0.2, -0.15) is 0 Å². The molecule has 0 N–H and O–H groups in total. The number of hydrogen-bond acceptors (Lipinski definition) is 3. The van der Waals surface area contributed by atoms with Crippen LogP contribution >= 0.6 is 24.0 Å². The zero-order valence-electron chi connectivity index (χ0n) is 10.3. The SMILES string of the molecule is Sc1cc2cc(OCC[n+]3ccccc3)ccc2s1. The van der Waals surface area contributed by atoms with Gasteiger partial charge in [0, 0.05) is 16.8 Å². The summed E-state index contributed by atoms with van der Waals surface area (Å²) < 4.78 is 10.2. The molecule has 19 heavy (non-hydrogen) atoms. The number of rotatable bonds is 4. The molecule has 0 radical (unpaired) electrons. The van der Waals surface area contributed by atoms with E-state index in [1.165, 1.54) is 10.1 Å². The van der Waals surface area contributed by atoms with Crippen LogP contribution in [0.4, 0.5) is 0 Å². The first-order valence-electron chi connectivity index (χ1n) is 6.11. The number of aromatic nitrogens is 1. The van der Waals surface area contributed by atoms with E-state index in [9.17, 15) is 0 Å². The minimum absolute atomic E-state index is 0.665. The minimum Gasteiger partial charge on any atom is -0.487 e. The van der Waals surface area contributed by atoms with E-state index in [1.54, 1.807) is 11.3 Å². The van der Waals surface area contributed by atoms with Crippen molar-refractivity contribution in [1.82, 2.24) is 0 Å². The van der Waals surface area contributed by atoms with E-state index in [4.69, 9.17) is 4.74 Å². The molecule has 0 spiro atoms. The Labute approximate surface area is 121 Å². The van der Waals surface area contributed by atoms with E-state index < -0.39 is 0 Å². The maximum absolute atomic E-state index is 5.79. The van der Waals surface area contributed by atoms with E-state index in [2.05, 4.69) is 35.4 Å². The Balaban J connectivity index is 1.65. The summed E-state index contributed by atoms with van der Waals surface area (Å²) in [6.07, 6.45) is 4.08. The molecule has 2 aromatic heterocycles. The Morgan fingerprint density at radius 1 is 1.11 bits per heavy atom. The number of fused-ring (bicyclic) bond motifs is 1. The summed E-state index contributed by atoms with van der Waals surface area (Å²) in [5, 5.41) is 1.19. The molecule has 0 aliphatic carbocycles. The number of nitrogens with zero attached hydrogens (tertiary/aromatic N) is 1. The summed E-state index contributed by atoms with van der Waals surface area (Å²) in [6.45, 7) is 1.51. The van der Waals surface area contributed by atoms with Crippen LogP contribution in [0.25, 0.3) is 10.1 Å². The lowest BCUT2D eigenvalue weighted by atomic mass is 10.2. The molecule has 0 atom stereocenters. The molecule has 0 saturated heterocycles. The monoisotopic (exact) mass is 288 g/mol. The van der Waals surface area contributed by atoms with Crippen molar-refractivity contribution in [2.24, 2.45) is 0 Å². The summed E-state index contributed by atoms with van der Waals surface area (Å²) in [5.74, 6) is 0.912. The van der Waals surface area contributed by atoms with E-state index in [0.29, 0.717) is 6.61 Å². The molecule has 0 fully saturated rings. The topological polar surface area (TPSA) is 13.1 Å². The van der Waals surface area contributed by atoms with Crippen LogP contribution in [0.15, 0.2) is 59.1 Å².